The van der Waals surface area contributed by atoms with Crippen LogP contribution in [0.15, 0.2) is 36.4 Å². The van der Waals surface area contributed by atoms with Gasteiger partial charge in [0, 0.05) is 31.4 Å². The topological polar surface area (TPSA) is 43.3 Å². The number of rotatable bonds is 8. The maximum atomic E-state index is 11.8. The molecule has 0 saturated carbocycles. The van der Waals surface area contributed by atoms with Gasteiger partial charge in [-0.05, 0) is 50.5 Å². The van der Waals surface area contributed by atoms with Crippen LogP contribution in [0.4, 0.5) is 0 Å². The maximum absolute atomic E-state index is 11.8. The number of aromatic nitrogens is 1. The number of aryl methyl sites for hydroxylation is 1. The minimum atomic E-state index is 0.0898. The van der Waals surface area contributed by atoms with Crippen LogP contribution in [0.1, 0.15) is 29.8 Å². The van der Waals surface area contributed by atoms with Gasteiger partial charge in [-0.2, -0.15) is 0 Å². The van der Waals surface area contributed by atoms with Crippen molar-refractivity contribution >= 4 is 5.91 Å². The van der Waals surface area contributed by atoms with Crippen LogP contribution in [0.25, 0.3) is 0 Å². The summed E-state index contributed by atoms with van der Waals surface area (Å²) in [5.41, 5.74) is 3.83. The van der Waals surface area contributed by atoms with Crippen LogP contribution in [0.5, 0.6) is 5.75 Å². The van der Waals surface area contributed by atoms with Gasteiger partial charge < -0.3 is 14.6 Å². The van der Waals surface area contributed by atoms with E-state index < -0.39 is 0 Å². The fraction of sp³-hybridized carbons (Fsp3) is 0.421. The van der Waals surface area contributed by atoms with Gasteiger partial charge in [0.05, 0.1) is 6.61 Å². The molecule has 1 N–H and O–H groups in total. The summed E-state index contributed by atoms with van der Waals surface area (Å²) in [6.07, 6.45) is 2.10. The van der Waals surface area contributed by atoms with E-state index in [-0.39, 0.29) is 5.91 Å². The summed E-state index contributed by atoms with van der Waals surface area (Å²) < 4.78 is 7.76. The van der Waals surface area contributed by atoms with Crippen molar-refractivity contribution in [2.45, 2.75) is 33.1 Å². The van der Waals surface area contributed by atoms with Crippen LogP contribution >= 0.6 is 0 Å². The van der Waals surface area contributed by atoms with Gasteiger partial charge >= 0.3 is 0 Å². The van der Waals surface area contributed by atoms with Gasteiger partial charge in [0.15, 0.2) is 0 Å². The lowest BCUT2D eigenvalue weighted by Gasteiger charge is -2.07. The molecule has 0 aliphatic rings. The van der Waals surface area contributed by atoms with Crippen LogP contribution in [0.3, 0.4) is 0 Å². The van der Waals surface area contributed by atoms with E-state index in [1.807, 2.05) is 30.3 Å². The standard InChI is InChI=1S/C19H26N2O2/c1-15-14-17(16(2)21(15)3)11-12-20-19(22)10-7-13-23-18-8-5-4-6-9-18/h4-6,8-9,14H,7,10-13H2,1-3H3,(H,20,22). The maximum Gasteiger partial charge on any atom is 0.220 e. The number of carbonyl (C=O) groups excluding carboxylic acids is 1. The highest BCUT2D eigenvalue weighted by Crippen LogP contribution is 2.13. The Kier molecular flexibility index (Phi) is 6.27. The van der Waals surface area contributed by atoms with Crippen LogP contribution in [-0.2, 0) is 18.3 Å². The van der Waals surface area contributed by atoms with E-state index in [1.54, 1.807) is 0 Å². The number of carbonyl (C=O) groups is 1. The Bertz CT molecular complexity index is 632. The van der Waals surface area contributed by atoms with Gasteiger partial charge in [-0.3, -0.25) is 4.79 Å². The second-order valence-electron chi connectivity index (χ2n) is 5.82. The fourth-order valence-electron chi connectivity index (χ4n) is 2.55. The van der Waals surface area contributed by atoms with E-state index in [2.05, 4.69) is 36.8 Å². The molecule has 0 spiro atoms. The van der Waals surface area contributed by atoms with Crippen molar-refractivity contribution in [3.05, 3.63) is 53.3 Å². The van der Waals surface area contributed by atoms with Gasteiger partial charge in [-0.1, -0.05) is 18.2 Å². The van der Waals surface area contributed by atoms with Gasteiger partial charge in [0.2, 0.25) is 5.91 Å². The number of ether oxygens (including phenoxy) is 1. The quantitative estimate of drug-likeness (QED) is 0.761. The van der Waals surface area contributed by atoms with Crippen LogP contribution in [0.2, 0.25) is 0 Å². The highest BCUT2D eigenvalue weighted by Gasteiger charge is 2.07. The lowest BCUT2D eigenvalue weighted by atomic mass is 10.2. The smallest absolute Gasteiger partial charge is 0.220 e. The molecule has 124 valence electrons. The average molecular weight is 314 g/mol. The van der Waals surface area contributed by atoms with Gasteiger partial charge in [-0.15, -0.1) is 0 Å². The molecule has 0 bridgehead atoms. The van der Waals surface area contributed by atoms with E-state index in [0.29, 0.717) is 19.6 Å². The number of hydrogen-bond donors (Lipinski definition) is 1. The lowest BCUT2D eigenvalue weighted by molar-refractivity contribution is -0.121. The molecule has 0 aliphatic carbocycles. The molecular formula is C19H26N2O2. The van der Waals surface area contributed by atoms with Crippen molar-refractivity contribution in [1.29, 1.82) is 0 Å². The SMILES string of the molecule is Cc1cc(CCNC(=O)CCCOc2ccccc2)c(C)n1C. The fourth-order valence-corrected chi connectivity index (χ4v) is 2.55. The normalized spacial score (nSPS) is 10.6. The number of nitrogens with zero attached hydrogens (tertiary/aromatic N) is 1. The summed E-state index contributed by atoms with van der Waals surface area (Å²) in [4.78, 5) is 11.8. The molecule has 1 amide bonds. The summed E-state index contributed by atoms with van der Waals surface area (Å²) in [6.45, 7) is 5.46. The van der Waals surface area contributed by atoms with E-state index in [4.69, 9.17) is 4.74 Å². The minimum absolute atomic E-state index is 0.0898. The molecule has 0 atom stereocenters. The Morgan fingerprint density at radius 1 is 1.22 bits per heavy atom. The van der Waals surface area contributed by atoms with Crippen molar-refractivity contribution in [3.63, 3.8) is 0 Å². The third-order valence-electron chi connectivity index (χ3n) is 4.16. The van der Waals surface area contributed by atoms with Crippen LogP contribution in [-0.4, -0.2) is 23.6 Å². The first-order chi connectivity index (χ1) is 11.1. The zero-order valence-electron chi connectivity index (χ0n) is 14.3. The molecule has 4 heteroatoms. The van der Waals surface area contributed by atoms with E-state index in [9.17, 15) is 4.79 Å². The zero-order chi connectivity index (χ0) is 16.7. The molecule has 2 rings (SSSR count). The van der Waals surface area contributed by atoms with Gasteiger partial charge in [0.25, 0.3) is 0 Å². The highest BCUT2D eigenvalue weighted by molar-refractivity contribution is 5.75. The molecule has 0 fully saturated rings. The Morgan fingerprint density at radius 2 is 1.96 bits per heavy atom. The highest BCUT2D eigenvalue weighted by atomic mass is 16.5. The predicted octanol–water partition coefficient (Wildman–Crippen LogP) is 3.16. The summed E-state index contributed by atoms with van der Waals surface area (Å²) in [7, 11) is 2.07. The summed E-state index contributed by atoms with van der Waals surface area (Å²) in [5, 5.41) is 2.98. The van der Waals surface area contributed by atoms with Crippen molar-refractivity contribution < 1.29 is 9.53 Å². The zero-order valence-corrected chi connectivity index (χ0v) is 14.3. The summed E-state index contributed by atoms with van der Waals surface area (Å²) >= 11 is 0. The summed E-state index contributed by atoms with van der Waals surface area (Å²) in [5.74, 6) is 0.940. The average Bonchev–Trinajstić information content (AvgIpc) is 2.80. The third kappa shape index (κ3) is 5.16. The number of benzene rings is 1. The van der Waals surface area contributed by atoms with E-state index in [1.165, 1.54) is 17.0 Å². The second-order valence-corrected chi connectivity index (χ2v) is 5.82. The molecule has 23 heavy (non-hydrogen) atoms. The molecule has 0 unspecified atom stereocenters. The number of amides is 1. The van der Waals surface area contributed by atoms with Crippen molar-refractivity contribution in [2.24, 2.45) is 7.05 Å². The Labute approximate surface area is 138 Å². The molecular weight excluding hydrogens is 288 g/mol. The van der Waals surface area contributed by atoms with Gasteiger partial charge in [0.1, 0.15) is 5.75 Å². The Balaban J connectivity index is 1.61. The summed E-state index contributed by atoms with van der Waals surface area (Å²) in [6, 6.07) is 11.9. The number of nitrogens with one attached hydrogen (secondary N) is 1. The first kappa shape index (κ1) is 17.1. The van der Waals surface area contributed by atoms with Crippen LogP contribution < -0.4 is 10.1 Å². The molecule has 4 nitrogen and oxygen atoms in total. The monoisotopic (exact) mass is 314 g/mol. The molecule has 0 aliphatic heterocycles. The predicted molar refractivity (Wildman–Crippen MR) is 92.8 cm³/mol. The molecule has 1 aromatic carbocycles. The molecule has 1 heterocycles. The molecule has 0 saturated heterocycles. The van der Waals surface area contributed by atoms with E-state index in [0.717, 1.165) is 18.6 Å². The Hall–Kier alpha value is -2.23. The minimum Gasteiger partial charge on any atom is -0.494 e. The molecule has 2 aromatic rings. The van der Waals surface area contributed by atoms with Crippen molar-refractivity contribution in [2.75, 3.05) is 13.2 Å². The van der Waals surface area contributed by atoms with Crippen molar-refractivity contribution in [3.8, 4) is 5.75 Å². The first-order valence-electron chi connectivity index (χ1n) is 8.14. The van der Waals surface area contributed by atoms with Crippen LogP contribution in [0, 0.1) is 13.8 Å². The number of hydrogen-bond acceptors (Lipinski definition) is 2. The largest absolute Gasteiger partial charge is 0.494 e. The van der Waals surface area contributed by atoms with Gasteiger partial charge in [-0.25, -0.2) is 0 Å². The number of para-hydroxylation sites is 1. The van der Waals surface area contributed by atoms with Crippen molar-refractivity contribution in [1.82, 2.24) is 9.88 Å². The molecule has 1 aromatic heterocycles. The Morgan fingerprint density at radius 3 is 2.61 bits per heavy atom. The lowest BCUT2D eigenvalue weighted by Crippen LogP contribution is -2.25. The third-order valence-corrected chi connectivity index (χ3v) is 4.16. The van der Waals surface area contributed by atoms with E-state index >= 15 is 0 Å². The first-order valence-corrected chi connectivity index (χ1v) is 8.14. The molecule has 0 radical (unpaired) electrons. The second kappa shape index (κ2) is 8.42.